The molecule has 0 spiro atoms. The number of nitro benzene ring substituents is 1. The van der Waals surface area contributed by atoms with E-state index in [0.717, 1.165) is 0 Å². The van der Waals surface area contributed by atoms with Crippen LogP contribution in [0.5, 0.6) is 0 Å². The lowest BCUT2D eigenvalue weighted by Crippen LogP contribution is -2.31. The second-order valence-corrected chi connectivity index (χ2v) is 6.13. The van der Waals surface area contributed by atoms with Crippen LogP contribution in [0.2, 0.25) is 0 Å². The van der Waals surface area contributed by atoms with Gasteiger partial charge in [-0.05, 0) is 18.4 Å². The first-order chi connectivity index (χ1) is 10.1. The molecule has 0 aliphatic carbocycles. The summed E-state index contributed by atoms with van der Waals surface area (Å²) in [6.45, 7) is 7.07. The number of nitro groups is 1. The maximum atomic E-state index is 12.0. The summed E-state index contributed by atoms with van der Waals surface area (Å²) >= 11 is 0. The van der Waals surface area contributed by atoms with Gasteiger partial charge in [0, 0.05) is 6.07 Å². The number of anilines is 1. The van der Waals surface area contributed by atoms with E-state index in [0.29, 0.717) is 0 Å². The summed E-state index contributed by atoms with van der Waals surface area (Å²) in [5.74, 6) is -1.10. The van der Waals surface area contributed by atoms with Gasteiger partial charge >= 0.3 is 5.97 Å². The van der Waals surface area contributed by atoms with Gasteiger partial charge in [-0.3, -0.25) is 19.7 Å². The minimum absolute atomic E-state index is 0.0659. The van der Waals surface area contributed by atoms with E-state index in [1.54, 1.807) is 6.07 Å². The van der Waals surface area contributed by atoms with Crippen LogP contribution in [0.15, 0.2) is 24.3 Å². The Morgan fingerprint density at radius 1 is 1.32 bits per heavy atom. The Balaban J connectivity index is 2.69. The van der Waals surface area contributed by atoms with Crippen molar-refractivity contribution in [2.75, 3.05) is 5.32 Å². The molecule has 0 fully saturated rings. The van der Waals surface area contributed by atoms with E-state index >= 15 is 0 Å². The fraction of sp³-hybridized carbons (Fsp3) is 0.467. The Morgan fingerprint density at radius 2 is 1.91 bits per heavy atom. The zero-order valence-corrected chi connectivity index (χ0v) is 13.1. The first-order valence-corrected chi connectivity index (χ1v) is 6.84. The summed E-state index contributed by atoms with van der Waals surface area (Å²) in [4.78, 5) is 34.0. The standard InChI is InChI=1S/C15H20N2O5/c1-10(22-13(18)9-15(2,3)4)14(19)16-11-7-5-6-8-12(11)17(20)21/h5-8,10H,9H2,1-4H3,(H,16,19)/t10-/m1/s1. The molecule has 1 atom stereocenters. The molecule has 0 aromatic heterocycles. The van der Waals surface area contributed by atoms with Gasteiger partial charge in [0.25, 0.3) is 11.6 Å². The topological polar surface area (TPSA) is 98.5 Å². The monoisotopic (exact) mass is 308 g/mol. The number of carbonyl (C=O) groups is 2. The predicted molar refractivity (Wildman–Crippen MR) is 81.4 cm³/mol. The van der Waals surface area contributed by atoms with Gasteiger partial charge in [-0.25, -0.2) is 0 Å². The minimum atomic E-state index is -1.03. The SMILES string of the molecule is C[C@@H](OC(=O)CC(C)(C)C)C(=O)Nc1ccccc1[N+](=O)[O-]. The molecular formula is C15H20N2O5. The van der Waals surface area contributed by atoms with E-state index < -0.39 is 22.9 Å². The van der Waals surface area contributed by atoms with Gasteiger partial charge in [-0.2, -0.15) is 0 Å². The van der Waals surface area contributed by atoms with Crippen LogP contribution < -0.4 is 5.32 Å². The number of esters is 1. The van der Waals surface area contributed by atoms with Crippen LogP contribution in [0.1, 0.15) is 34.1 Å². The van der Waals surface area contributed by atoms with E-state index in [9.17, 15) is 19.7 Å². The maximum Gasteiger partial charge on any atom is 0.307 e. The third-order valence-electron chi connectivity index (χ3n) is 2.71. The molecule has 7 heteroatoms. The summed E-state index contributed by atoms with van der Waals surface area (Å²) in [6.07, 6.45) is -0.856. The number of benzene rings is 1. The highest BCUT2D eigenvalue weighted by molar-refractivity contribution is 5.96. The molecule has 22 heavy (non-hydrogen) atoms. The maximum absolute atomic E-state index is 12.0. The molecule has 0 aliphatic rings. The van der Waals surface area contributed by atoms with E-state index in [4.69, 9.17) is 4.74 Å². The van der Waals surface area contributed by atoms with Crippen LogP contribution in [0.25, 0.3) is 0 Å². The van der Waals surface area contributed by atoms with Crippen molar-refractivity contribution in [1.82, 2.24) is 0 Å². The van der Waals surface area contributed by atoms with Crippen LogP contribution in [0.3, 0.4) is 0 Å². The summed E-state index contributed by atoms with van der Waals surface area (Å²) < 4.78 is 5.04. The number of hydrogen-bond acceptors (Lipinski definition) is 5. The normalized spacial score (nSPS) is 12.4. The van der Waals surface area contributed by atoms with Crippen LogP contribution in [-0.2, 0) is 14.3 Å². The summed E-state index contributed by atoms with van der Waals surface area (Å²) in [5.41, 5.74) is -0.397. The Kier molecular flexibility index (Phi) is 5.62. The number of nitrogens with zero attached hydrogens (tertiary/aromatic N) is 1. The number of nitrogens with one attached hydrogen (secondary N) is 1. The van der Waals surface area contributed by atoms with Crippen LogP contribution in [0.4, 0.5) is 11.4 Å². The highest BCUT2D eigenvalue weighted by Crippen LogP contribution is 2.24. The first kappa shape index (κ1) is 17.6. The highest BCUT2D eigenvalue weighted by Gasteiger charge is 2.24. The van der Waals surface area contributed by atoms with Crippen molar-refractivity contribution in [3.8, 4) is 0 Å². The van der Waals surface area contributed by atoms with E-state index in [-0.39, 0.29) is 23.2 Å². The van der Waals surface area contributed by atoms with Crippen molar-refractivity contribution in [3.63, 3.8) is 0 Å². The predicted octanol–water partition coefficient (Wildman–Crippen LogP) is 2.90. The number of ether oxygens (including phenoxy) is 1. The van der Waals surface area contributed by atoms with Gasteiger partial charge in [0.15, 0.2) is 6.10 Å². The molecule has 0 radical (unpaired) electrons. The molecule has 1 N–H and O–H groups in total. The van der Waals surface area contributed by atoms with Crippen LogP contribution in [0, 0.1) is 15.5 Å². The molecule has 120 valence electrons. The first-order valence-electron chi connectivity index (χ1n) is 6.84. The molecule has 1 amide bonds. The van der Waals surface area contributed by atoms with Gasteiger partial charge < -0.3 is 10.1 Å². The Labute approximate surface area is 128 Å². The average Bonchev–Trinajstić information content (AvgIpc) is 2.36. The van der Waals surface area contributed by atoms with E-state index in [1.807, 2.05) is 20.8 Å². The molecule has 7 nitrogen and oxygen atoms in total. The van der Waals surface area contributed by atoms with Crippen molar-refractivity contribution in [3.05, 3.63) is 34.4 Å². The zero-order chi connectivity index (χ0) is 16.9. The molecular weight excluding hydrogens is 288 g/mol. The molecule has 0 aliphatic heterocycles. The fourth-order valence-corrected chi connectivity index (χ4v) is 1.70. The molecule has 1 rings (SSSR count). The lowest BCUT2D eigenvalue weighted by Gasteiger charge is -2.19. The molecule has 0 unspecified atom stereocenters. The quantitative estimate of drug-likeness (QED) is 0.512. The van der Waals surface area contributed by atoms with Gasteiger partial charge in [0.1, 0.15) is 5.69 Å². The number of carbonyl (C=O) groups excluding carboxylic acids is 2. The van der Waals surface area contributed by atoms with Crippen LogP contribution in [-0.4, -0.2) is 22.9 Å². The largest absolute Gasteiger partial charge is 0.453 e. The fourth-order valence-electron chi connectivity index (χ4n) is 1.70. The lowest BCUT2D eigenvalue weighted by molar-refractivity contribution is -0.383. The number of rotatable bonds is 5. The third kappa shape index (κ3) is 5.51. The van der Waals surface area contributed by atoms with Crippen molar-refractivity contribution in [2.24, 2.45) is 5.41 Å². The molecule has 0 saturated carbocycles. The highest BCUT2D eigenvalue weighted by atomic mass is 16.6. The molecule has 1 aromatic carbocycles. The van der Waals surface area contributed by atoms with Gasteiger partial charge in [-0.1, -0.05) is 32.9 Å². The molecule has 1 aromatic rings. The zero-order valence-electron chi connectivity index (χ0n) is 13.1. The summed E-state index contributed by atoms with van der Waals surface area (Å²) in [7, 11) is 0. The number of hydrogen-bond donors (Lipinski definition) is 1. The smallest absolute Gasteiger partial charge is 0.307 e. The molecule has 0 saturated heterocycles. The van der Waals surface area contributed by atoms with Gasteiger partial charge in [0.2, 0.25) is 0 Å². The van der Waals surface area contributed by atoms with E-state index in [2.05, 4.69) is 5.32 Å². The Hall–Kier alpha value is -2.44. The minimum Gasteiger partial charge on any atom is -0.453 e. The van der Waals surface area contributed by atoms with Gasteiger partial charge in [-0.15, -0.1) is 0 Å². The van der Waals surface area contributed by atoms with Crippen LogP contribution >= 0.6 is 0 Å². The molecule has 0 heterocycles. The van der Waals surface area contributed by atoms with E-state index in [1.165, 1.54) is 25.1 Å². The van der Waals surface area contributed by atoms with Crippen molar-refractivity contribution < 1.29 is 19.2 Å². The second kappa shape index (κ2) is 7.02. The summed E-state index contributed by atoms with van der Waals surface area (Å²) in [6, 6.07) is 5.77. The molecule has 0 bridgehead atoms. The summed E-state index contributed by atoms with van der Waals surface area (Å²) in [5, 5.41) is 13.3. The Morgan fingerprint density at radius 3 is 2.45 bits per heavy atom. The third-order valence-corrected chi connectivity index (χ3v) is 2.71. The van der Waals surface area contributed by atoms with Crippen molar-refractivity contribution >= 4 is 23.3 Å². The van der Waals surface area contributed by atoms with Crippen molar-refractivity contribution in [2.45, 2.75) is 40.2 Å². The average molecular weight is 308 g/mol. The second-order valence-electron chi connectivity index (χ2n) is 6.13. The lowest BCUT2D eigenvalue weighted by atomic mass is 9.92. The number of para-hydroxylation sites is 2. The Bertz CT molecular complexity index is 578. The number of amides is 1. The van der Waals surface area contributed by atoms with Gasteiger partial charge in [0.05, 0.1) is 11.3 Å². The van der Waals surface area contributed by atoms with Crippen molar-refractivity contribution in [1.29, 1.82) is 0 Å².